The van der Waals surface area contributed by atoms with Crippen molar-refractivity contribution in [1.82, 2.24) is 5.32 Å². The number of amides is 1. The van der Waals surface area contributed by atoms with E-state index in [0.717, 1.165) is 69.1 Å². The van der Waals surface area contributed by atoms with Crippen molar-refractivity contribution in [3.8, 4) is 5.75 Å². The van der Waals surface area contributed by atoms with Gasteiger partial charge in [-0.2, -0.15) is 0 Å². The molecule has 5 aliphatic carbocycles. The third kappa shape index (κ3) is 2.88. The van der Waals surface area contributed by atoms with Gasteiger partial charge < -0.3 is 15.2 Å². The highest BCUT2D eigenvalue weighted by molar-refractivity contribution is 5.89. The van der Waals surface area contributed by atoms with Crippen LogP contribution in [0.3, 0.4) is 0 Å². The van der Waals surface area contributed by atoms with E-state index in [2.05, 4.69) is 5.32 Å². The van der Waals surface area contributed by atoms with Crippen LogP contribution in [0.4, 0.5) is 0 Å². The molecule has 156 valence electrons. The smallest absolute Gasteiger partial charge is 0.309 e. The minimum absolute atomic E-state index is 0.141. The van der Waals surface area contributed by atoms with Crippen LogP contribution >= 0.6 is 0 Å². The quantitative estimate of drug-likeness (QED) is 0.790. The molecule has 5 fully saturated rings. The highest BCUT2D eigenvalue weighted by atomic mass is 16.5. The fraction of sp³-hybridized carbons (Fsp3) is 0.667. The molecular formula is C24H31NO4. The second kappa shape index (κ2) is 6.75. The van der Waals surface area contributed by atoms with E-state index in [9.17, 15) is 14.7 Å². The molecule has 2 N–H and O–H groups in total. The summed E-state index contributed by atoms with van der Waals surface area (Å²) in [5, 5.41) is 13.3. The van der Waals surface area contributed by atoms with Crippen molar-refractivity contribution in [2.45, 2.75) is 69.2 Å². The van der Waals surface area contributed by atoms with Crippen LogP contribution < -0.4 is 10.1 Å². The molecule has 6 rings (SSSR count). The Kier molecular flexibility index (Phi) is 4.41. The van der Waals surface area contributed by atoms with Crippen molar-refractivity contribution in [2.24, 2.45) is 23.2 Å². The third-order valence-electron chi connectivity index (χ3n) is 8.56. The third-order valence-corrected chi connectivity index (χ3v) is 8.56. The lowest BCUT2D eigenvalue weighted by atomic mass is 9.48. The van der Waals surface area contributed by atoms with Crippen molar-refractivity contribution < 1.29 is 19.4 Å². The zero-order valence-corrected chi connectivity index (χ0v) is 17.2. The van der Waals surface area contributed by atoms with E-state index in [0.29, 0.717) is 17.8 Å². The molecule has 0 spiro atoms. The Labute approximate surface area is 172 Å². The lowest BCUT2D eigenvalue weighted by Crippen LogP contribution is -2.62. The molecule has 0 radical (unpaired) electrons. The molecule has 0 heterocycles. The highest BCUT2D eigenvalue weighted by Gasteiger charge is 2.59. The van der Waals surface area contributed by atoms with Gasteiger partial charge in [-0.1, -0.05) is 25.0 Å². The summed E-state index contributed by atoms with van der Waals surface area (Å²) in [6, 6.07) is 8.12. The number of carbonyl (C=O) groups excluding carboxylic acids is 1. The normalized spacial score (nSPS) is 36.7. The molecule has 0 aromatic heterocycles. The molecule has 0 aliphatic heterocycles. The van der Waals surface area contributed by atoms with E-state index < -0.39 is 16.8 Å². The van der Waals surface area contributed by atoms with Gasteiger partial charge in [-0.15, -0.1) is 0 Å². The number of carboxylic acid groups (broad SMARTS) is 1. The maximum atomic E-state index is 13.7. The SMILES string of the molecule is COc1ccc(C2(C(=O)NC3C4CC5CC3CC(C(=O)O)(C5)C4)CCCC2)cc1. The molecule has 2 atom stereocenters. The van der Waals surface area contributed by atoms with Crippen molar-refractivity contribution in [3.05, 3.63) is 29.8 Å². The molecule has 1 aromatic carbocycles. The van der Waals surface area contributed by atoms with Gasteiger partial charge in [0.15, 0.2) is 0 Å². The Balaban J connectivity index is 1.38. The topological polar surface area (TPSA) is 75.6 Å². The predicted molar refractivity (Wildman–Crippen MR) is 109 cm³/mol. The molecule has 2 unspecified atom stereocenters. The van der Waals surface area contributed by atoms with Crippen LogP contribution in [0.25, 0.3) is 0 Å². The summed E-state index contributed by atoms with van der Waals surface area (Å²) in [6.07, 6.45) is 8.36. The summed E-state index contributed by atoms with van der Waals surface area (Å²) in [4.78, 5) is 25.7. The van der Waals surface area contributed by atoms with Gasteiger partial charge in [0.05, 0.1) is 17.9 Å². The van der Waals surface area contributed by atoms with Crippen LogP contribution in [0.1, 0.15) is 63.4 Å². The molecule has 5 heteroatoms. The van der Waals surface area contributed by atoms with Crippen LogP contribution in [0.5, 0.6) is 5.75 Å². The van der Waals surface area contributed by atoms with Crippen molar-refractivity contribution in [1.29, 1.82) is 0 Å². The first-order valence-electron chi connectivity index (χ1n) is 11.1. The standard InChI is InChI=1S/C24H31NO4/c1-29-19-6-4-18(5-7-19)24(8-2-3-9-24)21(26)25-20-16-10-15-11-17(20)14-23(12-15,13-16)22(27)28/h4-7,15-17,20H,2-3,8-14H2,1H3,(H,25,26)(H,27,28). The maximum Gasteiger partial charge on any atom is 0.309 e. The lowest BCUT2D eigenvalue weighted by Gasteiger charge is -2.58. The summed E-state index contributed by atoms with van der Waals surface area (Å²) in [7, 11) is 1.66. The number of carboxylic acids is 1. The summed E-state index contributed by atoms with van der Waals surface area (Å²) in [6.45, 7) is 0. The number of hydrogen-bond acceptors (Lipinski definition) is 3. The second-order valence-electron chi connectivity index (χ2n) is 10.1. The molecule has 5 aliphatic rings. The summed E-state index contributed by atoms with van der Waals surface area (Å²) >= 11 is 0. The minimum Gasteiger partial charge on any atom is -0.497 e. The molecule has 4 bridgehead atoms. The number of aliphatic carboxylic acids is 1. The van der Waals surface area contributed by atoms with Crippen LogP contribution in [0.2, 0.25) is 0 Å². The van der Waals surface area contributed by atoms with Crippen LogP contribution in [0, 0.1) is 23.2 Å². The zero-order valence-electron chi connectivity index (χ0n) is 17.2. The molecular weight excluding hydrogens is 366 g/mol. The fourth-order valence-corrected chi connectivity index (χ4v) is 7.35. The summed E-state index contributed by atoms with van der Waals surface area (Å²) in [5.74, 6) is 1.50. The number of rotatable bonds is 5. The molecule has 29 heavy (non-hydrogen) atoms. The number of carbonyl (C=O) groups is 2. The zero-order chi connectivity index (χ0) is 20.2. The Morgan fingerprint density at radius 2 is 1.66 bits per heavy atom. The van der Waals surface area contributed by atoms with Gasteiger partial charge in [0.2, 0.25) is 5.91 Å². The van der Waals surface area contributed by atoms with Crippen molar-refractivity contribution in [3.63, 3.8) is 0 Å². The van der Waals surface area contributed by atoms with Crippen molar-refractivity contribution in [2.75, 3.05) is 7.11 Å². The number of benzene rings is 1. The number of methoxy groups -OCH3 is 1. The first-order chi connectivity index (χ1) is 14.0. The largest absolute Gasteiger partial charge is 0.497 e. The Morgan fingerprint density at radius 1 is 1.03 bits per heavy atom. The lowest BCUT2D eigenvalue weighted by molar-refractivity contribution is -0.168. The van der Waals surface area contributed by atoms with Crippen LogP contribution in [-0.4, -0.2) is 30.1 Å². The number of nitrogens with one attached hydrogen (secondary N) is 1. The van der Waals surface area contributed by atoms with E-state index >= 15 is 0 Å². The minimum atomic E-state index is -0.618. The highest BCUT2D eigenvalue weighted by Crippen LogP contribution is 2.60. The Hall–Kier alpha value is -2.04. The first-order valence-corrected chi connectivity index (χ1v) is 11.1. The summed E-state index contributed by atoms with van der Waals surface area (Å²) < 4.78 is 5.29. The predicted octanol–water partition coefficient (Wildman–Crippen LogP) is 3.90. The number of hydrogen-bond donors (Lipinski definition) is 2. The van der Waals surface area contributed by atoms with E-state index in [1.807, 2.05) is 24.3 Å². The van der Waals surface area contributed by atoms with E-state index in [1.54, 1.807) is 7.11 Å². The van der Waals surface area contributed by atoms with Crippen LogP contribution in [-0.2, 0) is 15.0 Å². The maximum absolute atomic E-state index is 13.7. The molecule has 1 amide bonds. The van der Waals surface area contributed by atoms with Gasteiger partial charge in [0.25, 0.3) is 0 Å². The Morgan fingerprint density at radius 3 is 2.21 bits per heavy atom. The number of ether oxygens (including phenoxy) is 1. The van der Waals surface area contributed by atoms with Crippen LogP contribution in [0.15, 0.2) is 24.3 Å². The average Bonchev–Trinajstić information content (AvgIpc) is 3.21. The van der Waals surface area contributed by atoms with E-state index in [-0.39, 0.29) is 11.9 Å². The van der Waals surface area contributed by atoms with Gasteiger partial charge in [0.1, 0.15) is 5.75 Å². The monoisotopic (exact) mass is 397 g/mol. The van der Waals surface area contributed by atoms with Crippen molar-refractivity contribution >= 4 is 11.9 Å². The van der Waals surface area contributed by atoms with Gasteiger partial charge >= 0.3 is 5.97 Å². The summed E-state index contributed by atoms with van der Waals surface area (Å²) in [5.41, 5.74) is 0.101. The van der Waals surface area contributed by atoms with Gasteiger partial charge in [-0.25, -0.2) is 0 Å². The Bertz CT molecular complexity index is 795. The molecule has 1 aromatic rings. The van der Waals surface area contributed by atoms with E-state index in [1.165, 1.54) is 0 Å². The van der Waals surface area contributed by atoms with E-state index in [4.69, 9.17) is 4.74 Å². The van der Waals surface area contributed by atoms with Gasteiger partial charge in [-0.05, 0) is 80.4 Å². The van der Waals surface area contributed by atoms with Gasteiger partial charge in [0, 0.05) is 6.04 Å². The first kappa shape index (κ1) is 19.0. The molecule has 5 nitrogen and oxygen atoms in total. The van der Waals surface area contributed by atoms with Gasteiger partial charge in [-0.3, -0.25) is 9.59 Å². The fourth-order valence-electron chi connectivity index (χ4n) is 7.35. The molecule has 0 saturated heterocycles. The second-order valence-corrected chi connectivity index (χ2v) is 10.1. The molecule has 5 saturated carbocycles. The average molecular weight is 398 g/mol.